The molecule has 1 aliphatic carbocycles. The van der Waals surface area contributed by atoms with Crippen LogP contribution in [0.15, 0.2) is 18.5 Å². The summed E-state index contributed by atoms with van der Waals surface area (Å²) in [5, 5.41) is 13.2. The fourth-order valence-corrected chi connectivity index (χ4v) is 4.02. The fraction of sp³-hybridized carbons (Fsp3) is 0.579. The Bertz CT molecular complexity index is 817. The molecule has 1 atom stereocenters. The Morgan fingerprint density at radius 3 is 2.74 bits per heavy atom. The van der Waals surface area contributed by atoms with Gasteiger partial charge in [0, 0.05) is 31.0 Å². The predicted octanol–water partition coefficient (Wildman–Crippen LogP) is 1.94. The van der Waals surface area contributed by atoms with Crippen LogP contribution in [-0.2, 0) is 6.42 Å². The number of hydrogen-bond donors (Lipinski definition) is 3. The number of aliphatic hydroxyl groups is 1. The molecule has 0 spiro atoms. The number of hydrogen-bond acceptors (Lipinski definition) is 8. The van der Waals surface area contributed by atoms with E-state index >= 15 is 0 Å². The van der Waals surface area contributed by atoms with Crippen molar-refractivity contribution in [2.75, 3.05) is 29.0 Å². The maximum absolute atomic E-state index is 9.73. The average molecular weight is 369 g/mol. The molecule has 2 aromatic rings. The van der Waals surface area contributed by atoms with Gasteiger partial charge in [-0.25, -0.2) is 15.0 Å². The van der Waals surface area contributed by atoms with Gasteiger partial charge in [0.1, 0.15) is 5.82 Å². The molecule has 2 aliphatic rings. The molecule has 1 saturated heterocycles. The lowest BCUT2D eigenvalue weighted by molar-refractivity contribution is 0.145. The average Bonchev–Trinajstić information content (AvgIpc) is 2.61. The summed E-state index contributed by atoms with van der Waals surface area (Å²) in [6.07, 6.45) is 6.81. The Hall–Kier alpha value is -2.48. The van der Waals surface area contributed by atoms with Gasteiger partial charge in [-0.2, -0.15) is 4.98 Å². The third-order valence-electron chi connectivity index (χ3n) is 5.41. The quantitative estimate of drug-likeness (QED) is 0.752. The first-order valence-electron chi connectivity index (χ1n) is 9.53. The maximum atomic E-state index is 9.73. The number of piperidine rings is 1. The maximum Gasteiger partial charge on any atom is 0.225 e. The van der Waals surface area contributed by atoms with E-state index in [1.54, 1.807) is 6.20 Å². The number of nitrogens with one attached hydrogen (secondary N) is 1. The molecule has 0 radical (unpaired) electrons. The monoisotopic (exact) mass is 369 g/mol. The number of nitrogen functional groups attached to an aromatic ring is 1. The van der Waals surface area contributed by atoms with Crippen LogP contribution < -0.4 is 16.0 Å². The smallest absolute Gasteiger partial charge is 0.225 e. The number of anilines is 3. The number of aliphatic hydroxyl groups excluding tert-OH is 1. The molecule has 27 heavy (non-hydrogen) atoms. The van der Waals surface area contributed by atoms with Gasteiger partial charge >= 0.3 is 0 Å². The second-order valence-electron chi connectivity index (χ2n) is 8.33. The third kappa shape index (κ3) is 3.95. The van der Waals surface area contributed by atoms with Crippen LogP contribution >= 0.6 is 0 Å². The van der Waals surface area contributed by atoms with Crippen LogP contribution in [0.2, 0.25) is 0 Å². The first-order chi connectivity index (χ1) is 12.9. The summed E-state index contributed by atoms with van der Waals surface area (Å²) < 4.78 is 0. The van der Waals surface area contributed by atoms with Crippen molar-refractivity contribution in [3.8, 4) is 0 Å². The summed E-state index contributed by atoms with van der Waals surface area (Å²) in [7, 11) is 0. The zero-order chi connectivity index (χ0) is 19.0. The SMILES string of the molecule is CC1(C)Cc2nc(N3CCC(O)CC3)ncc2C(Nc2ccnc(N)n2)C1. The predicted molar refractivity (Wildman–Crippen MR) is 104 cm³/mol. The number of aromatic nitrogens is 4. The van der Waals surface area contributed by atoms with Crippen LogP contribution in [0.25, 0.3) is 0 Å². The van der Waals surface area contributed by atoms with Gasteiger partial charge in [0.15, 0.2) is 0 Å². The summed E-state index contributed by atoms with van der Waals surface area (Å²) in [5.74, 6) is 1.74. The normalized spacial score (nSPS) is 22.3. The Labute approximate surface area is 159 Å². The summed E-state index contributed by atoms with van der Waals surface area (Å²) in [6.45, 7) is 6.12. The highest BCUT2D eigenvalue weighted by molar-refractivity contribution is 5.44. The van der Waals surface area contributed by atoms with Crippen LogP contribution in [0.4, 0.5) is 17.7 Å². The second kappa shape index (κ2) is 6.92. The molecular weight excluding hydrogens is 342 g/mol. The van der Waals surface area contributed by atoms with Gasteiger partial charge < -0.3 is 21.1 Å². The number of rotatable bonds is 3. The van der Waals surface area contributed by atoms with Crippen molar-refractivity contribution in [1.82, 2.24) is 19.9 Å². The van der Waals surface area contributed by atoms with Crippen LogP contribution in [0.1, 0.15) is 50.4 Å². The number of nitrogens with zero attached hydrogens (tertiary/aromatic N) is 5. The third-order valence-corrected chi connectivity index (χ3v) is 5.41. The first kappa shape index (κ1) is 17.9. The lowest BCUT2D eigenvalue weighted by atomic mass is 9.74. The van der Waals surface area contributed by atoms with E-state index in [0.717, 1.165) is 56.0 Å². The van der Waals surface area contributed by atoms with Crippen molar-refractivity contribution in [3.05, 3.63) is 29.7 Å². The Kier molecular flexibility index (Phi) is 4.59. The molecule has 8 heteroatoms. The molecule has 8 nitrogen and oxygen atoms in total. The highest BCUT2D eigenvalue weighted by atomic mass is 16.3. The van der Waals surface area contributed by atoms with E-state index in [0.29, 0.717) is 5.82 Å². The molecule has 1 unspecified atom stereocenters. The minimum atomic E-state index is -0.202. The van der Waals surface area contributed by atoms with Crippen molar-refractivity contribution in [2.24, 2.45) is 5.41 Å². The van der Waals surface area contributed by atoms with E-state index < -0.39 is 0 Å². The first-order valence-corrected chi connectivity index (χ1v) is 9.53. The Balaban J connectivity index is 1.61. The number of nitrogens with two attached hydrogens (primary N) is 1. The molecule has 144 valence electrons. The molecule has 0 amide bonds. The van der Waals surface area contributed by atoms with E-state index in [-0.39, 0.29) is 23.5 Å². The minimum Gasteiger partial charge on any atom is -0.393 e. The van der Waals surface area contributed by atoms with Crippen molar-refractivity contribution in [2.45, 2.75) is 51.7 Å². The standard InChI is InChI=1S/C19H27N7O/c1-19(2)9-14(23-16-3-6-21-17(20)25-16)13-11-22-18(24-15(13)10-19)26-7-4-12(27)5-8-26/h3,6,11-12,14,27H,4-5,7-10H2,1-2H3,(H3,20,21,23,25). The van der Waals surface area contributed by atoms with Crippen molar-refractivity contribution in [3.63, 3.8) is 0 Å². The molecule has 1 aliphatic heterocycles. The summed E-state index contributed by atoms with van der Waals surface area (Å²) in [6, 6.07) is 1.90. The van der Waals surface area contributed by atoms with Gasteiger partial charge in [0.2, 0.25) is 11.9 Å². The van der Waals surface area contributed by atoms with Gasteiger partial charge in [0.05, 0.1) is 17.8 Å². The summed E-state index contributed by atoms with van der Waals surface area (Å²) >= 11 is 0. The molecule has 3 heterocycles. The van der Waals surface area contributed by atoms with E-state index in [2.05, 4.69) is 39.0 Å². The van der Waals surface area contributed by atoms with E-state index in [1.807, 2.05) is 12.3 Å². The lowest BCUT2D eigenvalue weighted by Gasteiger charge is -2.37. The van der Waals surface area contributed by atoms with Crippen molar-refractivity contribution in [1.29, 1.82) is 0 Å². The minimum absolute atomic E-state index is 0.0790. The molecule has 2 aromatic heterocycles. The van der Waals surface area contributed by atoms with Gasteiger partial charge in [-0.3, -0.25) is 0 Å². The summed E-state index contributed by atoms with van der Waals surface area (Å²) in [5.41, 5.74) is 8.03. The van der Waals surface area contributed by atoms with Gasteiger partial charge in [-0.1, -0.05) is 13.8 Å². The van der Waals surface area contributed by atoms with Gasteiger partial charge in [0.25, 0.3) is 0 Å². The van der Waals surface area contributed by atoms with Crippen molar-refractivity contribution < 1.29 is 5.11 Å². The molecular formula is C19H27N7O. The van der Waals surface area contributed by atoms with Crippen LogP contribution in [0.5, 0.6) is 0 Å². The van der Waals surface area contributed by atoms with Gasteiger partial charge in [-0.05, 0) is 37.2 Å². The Morgan fingerprint density at radius 1 is 1.22 bits per heavy atom. The lowest BCUT2D eigenvalue weighted by Crippen LogP contribution is -2.38. The molecule has 0 saturated carbocycles. The zero-order valence-electron chi connectivity index (χ0n) is 15.9. The fourth-order valence-electron chi connectivity index (χ4n) is 4.02. The van der Waals surface area contributed by atoms with E-state index in [9.17, 15) is 5.11 Å². The molecule has 4 N–H and O–H groups in total. The molecule has 4 rings (SSSR count). The topological polar surface area (TPSA) is 113 Å². The number of fused-ring (bicyclic) bond motifs is 1. The van der Waals surface area contributed by atoms with Crippen molar-refractivity contribution >= 4 is 17.7 Å². The highest BCUT2D eigenvalue weighted by Crippen LogP contribution is 2.41. The van der Waals surface area contributed by atoms with E-state index in [4.69, 9.17) is 10.7 Å². The van der Waals surface area contributed by atoms with Crippen LogP contribution in [-0.4, -0.2) is 44.2 Å². The van der Waals surface area contributed by atoms with E-state index in [1.165, 1.54) is 0 Å². The van der Waals surface area contributed by atoms with Crippen LogP contribution in [0.3, 0.4) is 0 Å². The largest absolute Gasteiger partial charge is 0.393 e. The van der Waals surface area contributed by atoms with Crippen LogP contribution in [0, 0.1) is 5.41 Å². The summed E-state index contributed by atoms with van der Waals surface area (Å²) in [4.78, 5) is 19.9. The highest BCUT2D eigenvalue weighted by Gasteiger charge is 2.34. The Morgan fingerprint density at radius 2 is 2.00 bits per heavy atom. The molecule has 0 aromatic carbocycles. The van der Waals surface area contributed by atoms with Gasteiger partial charge in [-0.15, -0.1) is 0 Å². The zero-order valence-corrected chi connectivity index (χ0v) is 15.9. The molecule has 0 bridgehead atoms. The molecule has 1 fully saturated rings. The second-order valence-corrected chi connectivity index (χ2v) is 8.33.